The van der Waals surface area contributed by atoms with E-state index < -0.39 is 5.54 Å². The molecule has 0 saturated carbocycles. The zero-order valence-electron chi connectivity index (χ0n) is 12.5. The molecule has 0 aliphatic heterocycles. The average Bonchev–Trinajstić information content (AvgIpc) is 2.28. The Morgan fingerprint density at radius 3 is 2.44 bits per heavy atom. The normalized spacial score (nSPS) is 16.3. The number of ether oxygens (including phenoxy) is 2. The van der Waals surface area contributed by atoms with Gasteiger partial charge in [0.2, 0.25) is 0 Å². The Labute approximate surface area is 112 Å². The molecule has 0 spiro atoms. The maximum Gasteiger partial charge on any atom is 0.104 e. The molecule has 0 aliphatic carbocycles. The molecule has 2 atom stereocenters. The van der Waals surface area contributed by atoms with Gasteiger partial charge < -0.3 is 9.47 Å². The highest BCUT2D eigenvalue weighted by Crippen LogP contribution is 2.14. The first-order valence-electron chi connectivity index (χ1n) is 6.73. The van der Waals surface area contributed by atoms with Crippen LogP contribution >= 0.6 is 0 Å². The summed E-state index contributed by atoms with van der Waals surface area (Å²) in [5, 5.41) is 12.5. The highest BCUT2D eigenvalue weighted by atomic mass is 16.5. The smallest absolute Gasteiger partial charge is 0.104 e. The molecule has 0 aliphatic rings. The number of nitrogens with one attached hydrogen (secondary N) is 1. The van der Waals surface area contributed by atoms with Crippen LogP contribution in [-0.2, 0) is 9.47 Å². The molecule has 2 unspecified atom stereocenters. The van der Waals surface area contributed by atoms with E-state index in [-0.39, 0.29) is 6.10 Å². The molecule has 0 aromatic carbocycles. The number of hydrogen-bond donors (Lipinski definition) is 1. The Morgan fingerprint density at radius 1 is 1.28 bits per heavy atom. The Morgan fingerprint density at radius 2 is 1.94 bits per heavy atom. The third-order valence-corrected chi connectivity index (χ3v) is 2.73. The van der Waals surface area contributed by atoms with Gasteiger partial charge in [-0.2, -0.15) is 5.26 Å². The number of unbranched alkanes of at least 4 members (excludes halogenated alkanes) is 1. The van der Waals surface area contributed by atoms with Gasteiger partial charge >= 0.3 is 0 Å². The van der Waals surface area contributed by atoms with E-state index >= 15 is 0 Å². The van der Waals surface area contributed by atoms with Crippen molar-refractivity contribution in [2.45, 2.75) is 64.6 Å². The van der Waals surface area contributed by atoms with Crippen molar-refractivity contribution in [1.82, 2.24) is 5.32 Å². The Balaban J connectivity index is 3.72. The molecule has 0 heterocycles. The van der Waals surface area contributed by atoms with Crippen molar-refractivity contribution in [2.24, 2.45) is 0 Å². The number of hydrogen-bond acceptors (Lipinski definition) is 4. The summed E-state index contributed by atoms with van der Waals surface area (Å²) >= 11 is 0. The average molecular weight is 256 g/mol. The molecule has 1 N–H and O–H groups in total. The van der Waals surface area contributed by atoms with E-state index in [2.05, 4.69) is 25.2 Å². The molecule has 0 radical (unpaired) electrons. The molecule has 18 heavy (non-hydrogen) atoms. The zero-order chi connectivity index (χ0) is 14.0. The molecule has 0 bridgehead atoms. The third kappa shape index (κ3) is 8.46. The van der Waals surface area contributed by atoms with Crippen LogP contribution < -0.4 is 5.32 Å². The van der Waals surface area contributed by atoms with Crippen LogP contribution in [-0.4, -0.2) is 38.0 Å². The van der Waals surface area contributed by atoms with Gasteiger partial charge in [0.25, 0.3) is 0 Å². The van der Waals surface area contributed by atoms with Gasteiger partial charge in [-0.1, -0.05) is 0 Å². The number of methoxy groups -OCH3 is 1. The van der Waals surface area contributed by atoms with Crippen LogP contribution in [0.25, 0.3) is 0 Å². The van der Waals surface area contributed by atoms with Gasteiger partial charge in [0.15, 0.2) is 0 Å². The van der Waals surface area contributed by atoms with E-state index in [1.807, 2.05) is 13.8 Å². The molecular formula is C14H28N2O2. The van der Waals surface area contributed by atoms with Crippen LogP contribution in [0.5, 0.6) is 0 Å². The fraction of sp³-hybridized carbons (Fsp3) is 0.929. The summed E-state index contributed by atoms with van der Waals surface area (Å²) < 4.78 is 10.6. The standard InChI is InChI=1S/C14H28N2O2/c1-12(2)16-14(4,11-15)8-6-7-9-18-13(3)10-17-5/h12-13,16H,6-10H2,1-5H3. The fourth-order valence-corrected chi connectivity index (χ4v) is 1.95. The van der Waals surface area contributed by atoms with E-state index in [4.69, 9.17) is 9.47 Å². The predicted molar refractivity (Wildman–Crippen MR) is 73.4 cm³/mol. The first-order valence-corrected chi connectivity index (χ1v) is 6.73. The Kier molecular flexibility index (Phi) is 8.99. The van der Waals surface area contributed by atoms with Crippen molar-refractivity contribution >= 4 is 0 Å². The van der Waals surface area contributed by atoms with Crippen molar-refractivity contribution in [1.29, 1.82) is 5.26 Å². The van der Waals surface area contributed by atoms with Crippen LogP contribution in [0, 0.1) is 11.3 Å². The van der Waals surface area contributed by atoms with E-state index in [1.54, 1.807) is 7.11 Å². The van der Waals surface area contributed by atoms with E-state index in [0.29, 0.717) is 12.6 Å². The lowest BCUT2D eigenvalue weighted by molar-refractivity contribution is 0.00736. The summed E-state index contributed by atoms with van der Waals surface area (Å²) in [7, 11) is 1.68. The maximum absolute atomic E-state index is 9.19. The summed E-state index contributed by atoms with van der Waals surface area (Å²) in [6, 6.07) is 2.68. The van der Waals surface area contributed by atoms with Crippen molar-refractivity contribution in [3.05, 3.63) is 0 Å². The first kappa shape index (κ1) is 17.4. The van der Waals surface area contributed by atoms with Crippen LogP contribution in [0.1, 0.15) is 47.0 Å². The molecule has 0 fully saturated rings. The highest BCUT2D eigenvalue weighted by molar-refractivity contribution is 5.04. The highest BCUT2D eigenvalue weighted by Gasteiger charge is 2.23. The van der Waals surface area contributed by atoms with Gasteiger partial charge in [0.1, 0.15) is 5.54 Å². The quantitative estimate of drug-likeness (QED) is 0.610. The van der Waals surface area contributed by atoms with Crippen molar-refractivity contribution in [2.75, 3.05) is 20.3 Å². The second kappa shape index (κ2) is 9.32. The van der Waals surface area contributed by atoms with Gasteiger partial charge in [-0.15, -0.1) is 0 Å². The van der Waals surface area contributed by atoms with Gasteiger partial charge in [-0.25, -0.2) is 0 Å². The molecule has 4 heteroatoms. The summed E-state index contributed by atoms with van der Waals surface area (Å²) in [6.45, 7) is 9.44. The first-order chi connectivity index (χ1) is 8.43. The third-order valence-electron chi connectivity index (χ3n) is 2.73. The summed E-state index contributed by atoms with van der Waals surface area (Å²) in [5.41, 5.74) is -0.424. The lowest BCUT2D eigenvalue weighted by Gasteiger charge is -2.25. The number of nitrogens with zero attached hydrogens (tertiary/aromatic N) is 1. The minimum absolute atomic E-state index is 0.145. The van der Waals surface area contributed by atoms with Gasteiger partial charge in [0, 0.05) is 19.8 Å². The van der Waals surface area contributed by atoms with Gasteiger partial charge in [-0.3, -0.25) is 5.32 Å². The molecule has 4 nitrogen and oxygen atoms in total. The molecular weight excluding hydrogens is 228 g/mol. The van der Waals surface area contributed by atoms with E-state index in [9.17, 15) is 5.26 Å². The molecule has 0 rings (SSSR count). The summed E-state index contributed by atoms with van der Waals surface area (Å²) in [4.78, 5) is 0. The summed E-state index contributed by atoms with van der Waals surface area (Å²) in [6.07, 6.45) is 2.96. The Hall–Kier alpha value is -0.630. The number of nitriles is 1. The summed E-state index contributed by atoms with van der Waals surface area (Å²) in [5.74, 6) is 0. The molecule has 0 amide bonds. The molecule has 106 valence electrons. The van der Waals surface area contributed by atoms with Crippen LogP contribution in [0.15, 0.2) is 0 Å². The zero-order valence-corrected chi connectivity index (χ0v) is 12.5. The Bertz CT molecular complexity index is 251. The second-order valence-electron chi connectivity index (χ2n) is 5.34. The van der Waals surface area contributed by atoms with Gasteiger partial charge in [-0.05, 0) is 47.0 Å². The minimum Gasteiger partial charge on any atom is -0.382 e. The van der Waals surface area contributed by atoms with E-state index in [0.717, 1.165) is 25.9 Å². The van der Waals surface area contributed by atoms with Crippen molar-refractivity contribution in [3.8, 4) is 6.07 Å². The fourth-order valence-electron chi connectivity index (χ4n) is 1.95. The second-order valence-corrected chi connectivity index (χ2v) is 5.34. The monoisotopic (exact) mass is 256 g/mol. The number of rotatable bonds is 10. The minimum atomic E-state index is -0.424. The molecule has 0 saturated heterocycles. The van der Waals surface area contributed by atoms with Crippen molar-refractivity contribution < 1.29 is 9.47 Å². The van der Waals surface area contributed by atoms with Crippen molar-refractivity contribution in [3.63, 3.8) is 0 Å². The topological polar surface area (TPSA) is 54.3 Å². The largest absolute Gasteiger partial charge is 0.382 e. The van der Waals surface area contributed by atoms with Crippen LogP contribution in [0.2, 0.25) is 0 Å². The lowest BCUT2D eigenvalue weighted by atomic mass is 9.96. The molecule has 0 aromatic rings. The predicted octanol–water partition coefficient (Wildman–Crippen LogP) is 2.49. The SMILES string of the molecule is COCC(C)OCCCCC(C)(C#N)NC(C)C. The van der Waals surface area contributed by atoms with Crippen LogP contribution in [0.4, 0.5) is 0 Å². The molecule has 0 aromatic heterocycles. The maximum atomic E-state index is 9.19. The van der Waals surface area contributed by atoms with Crippen LogP contribution in [0.3, 0.4) is 0 Å². The van der Waals surface area contributed by atoms with Gasteiger partial charge in [0.05, 0.1) is 18.8 Å². The van der Waals surface area contributed by atoms with E-state index in [1.165, 1.54) is 0 Å². The lowest BCUT2D eigenvalue weighted by Crippen LogP contribution is -2.44.